The van der Waals surface area contributed by atoms with Crippen molar-refractivity contribution in [2.75, 3.05) is 6.61 Å². The Hall–Kier alpha value is -3.57. The fraction of sp³-hybridized carbons (Fsp3) is 0.606. The first-order chi connectivity index (χ1) is 20.5. The van der Waals surface area contributed by atoms with Crippen LogP contribution in [0.15, 0.2) is 42.5 Å². The van der Waals surface area contributed by atoms with E-state index in [1.54, 1.807) is 56.3 Å². The minimum Gasteiger partial charge on any atom is -0.465 e. The van der Waals surface area contributed by atoms with Crippen LogP contribution in [0.25, 0.3) is 0 Å². The Bertz CT molecular complexity index is 1400. The van der Waals surface area contributed by atoms with E-state index in [1.165, 1.54) is 20.8 Å². The van der Waals surface area contributed by atoms with Crippen molar-refractivity contribution in [1.29, 1.82) is 0 Å². The summed E-state index contributed by atoms with van der Waals surface area (Å²) in [4.78, 5) is 66.3. The first-order valence-corrected chi connectivity index (χ1v) is 14.9. The number of aliphatic hydroxyl groups is 1. The highest BCUT2D eigenvalue weighted by molar-refractivity contribution is 5.97. The van der Waals surface area contributed by atoms with Crippen LogP contribution < -0.4 is 0 Å². The van der Waals surface area contributed by atoms with Gasteiger partial charge in [-0.25, -0.2) is 4.79 Å². The molecule has 1 aliphatic heterocycles. The highest BCUT2D eigenvalue weighted by Gasteiger charge is 2.80. The summed E-state index contributed by atoms with van der Waals surface area (Å²) in [6.45, 7) is 10.1. The minimum absolute atomic E-state index is 0.125. The van der Waals surface area contributed by atoms with Crippen LogP contribution in [0.5, 0.6) is 0 Å². The van der Waals surface area contributed by atoms with E-state index in [1.807, 2.05) is 13.8 Å². The summed E-state index contributed by atoms with van der Waals surface area (Å²) >= 11 is 0. The van der Waals surface area contributed by atoms with Crippen molar-refractivity contribution in [3.05, 3.63) is 48.0 Å². The Morgan fingerprint density at radius 2 is 1.57 bits per heavy atom. The van der Waals surface area contributed by atoms with Gasteiger partial charge in [-0.2, -0.15) is 0 Å². The number of benzene rings is 1. The molecule has 2 saturated carbocycles. The second-order valence-corrected chi connectivity index (χ2v) is 13.4. The third-order valence-corrected chi connectivity index (χ3v) is 10.00. The van der Waals surface area contributed by atoms with Gasteiger partial charge in [0.15, 0.2) is 5.78 Å². The third-order valence-electron chi connectivity index (χ3n) is 10.00. The maximum atomic E-state index is 14.9. The molecule has 44 heavy (non-hydrogen) atoms. The lowest BCUT2D eigenvalue weighted by Crippen LogP contribution is -2.64. The lowest BCUT2D eigenvalue weighted by molar-refractivity contribution is -0.204. The molecule has 1 N–H and O–H groups in total. The largest absolute Gasteiger partial charge is 0.465 e. The summed E-state index contributed by atoms with van der Waals surface area (Å²) in [5.41, 5.74) is -6.41. The van der Waals surface area contributed by atoms with Gasteiger partial charge in [0.2, 0.25) is 0 Å². The van der Waals surface area contributed by atoms with Crippen molar-refractivity contribution in [2.24, 2.45) is 29.1 Å². The second-order valence-electron chi connectivity index (χ2n) is 13.4. The maximum Gasteiger partial charge on any atom is 0.338 e. The highest BCUT2D eigenvalue weighted by Crippen LogP contribution is 2.67. The Morgan fingerprint density at radius 3 is 2.16 bits per heavy atom. The van der Waals surface area contributed by atoms with Gasteiger partial charge in [-0.15, -0.1) is 0 Å². The molecule has 1 saturated heterocycles. The van der Waals surface area contributed by atoms with Crippen LogP contribution in [0.1, 0.15) is 65.2 Å². The van der Waals surface area contributed by atoms with Gasteiger partial charge in [0.25, 0.3) is 0 Å². The van der Waals surface area contributed by atoms with Gasteiger partial charge in [-0.05, 0) is 51.3 Å². The normalized spacial score (nSPS) is 39.8. The van der Waals surface area contributed by atoms with Crippen LogP contribution in [0, 0.1) is 29.1 Å². The third kappa shape index (κ3) is 4.75. The number of fused-ring (bicyclic) bond motifs is 1. The standard InChI is InChI=1S/C33H40O11/c1-17-15-33(39)24(25(17)42-20(4)36)27(43-28(37)21-11-9-8-10-12-21)32(16-40-18(2)34)23(41-19(3)35)14-13-22-26(32)31(7,29(33)38)44-30(22,5)6/h8-14,17,22-27,39H,15-16H2,1-7H3/t17-,22+,23+,24+,25-,26-,27+,31-,32+,33+/m0/s1. The van der Waals surface area contributed by atoms with E-state index in [0.29, 0.717) is 0 Å². The van der Waals surface area contributed by atoms with E-state index in [-0.39, 0.29) is 12.0 Å². The zero-order valence-corrected chi connectivity index (χ0v) is 26.0. The summed E-state index contributed by atoms with van der Waals surface area (Å²) in [6, 6.07) is 8.14. The zero-order chi connectivity index (χ0) is 32.4. The second kappa shape index (κ2) is 10.8. The number of carbonyl (C=O) groups excluding carboxylic acids is 5. The van der Waals surface area contributed by atoms with Crippen molar-refractivity contribution in [1.82, 2.24) is 0 Å². The number of hydrogen-bond acceptors (Lipinski definition) is 11. The van der Waals surface area contributed by atoms with E-state index in [4.69, 9.17) is 23.7 Å². The van der Waals surface area contributed by atoms with Crippen LogP contribution in [0.4, 0.5) is 0 Å². The zero-order valence-electron chi connectivity index (χ0n) is 26.0. The van der Waals surface area contributed by atoms with Crippen LogP contribution in [0.2, 0.25) is 0 Å². The number of rotatable bonds is 6. The van der Waals surface area contributed by atoms with Crippen LogP contribution in [0.3, 0.4) is 0 Å². The molecule has 11 nitrogen and oxygen atoms in total. The van der Waals surface area contributed by atoms with Gasteiger partial charge < -0.3 is 28.8 Å². The fourth-order valence-corrected chi connectivity index (χ4v) is 8.64. The van der Waals surface area contributed by atoms with Crippen molar-refractivity contribution < 1.29 is 52.8 Å². The van der Waals surface area contributed by atoms with Crippen LogP contribution in [-0.4, -0.2) is 76.5 Å². The lowest BCUT2D eigenvalue weighted by Gasteiger charge is -2.53. The summed E-state index contributed by atoms with van der Waals surface area (Å²) in [5.74, 6) is -6.81. The van der Waals surface area contributed by atoms with Crippen LogP contribution in [-0.2, 0) is 42.9 Å². The minimum atomic E-state index is -2.21. The first-order valence-electron chi connectivity index (χ1n) is 14.9. The van der Waals surface area contributed by atoms with E-state index in [2.05, 4.69) is 0 Å². The average molecular weight is 613 g/mol. The van der Waals surface area contributed by atoms with E-state index < -0.39 is 100 Å². The van der Waals surface area contributed by atoms with Crippen molar-refractivity contribution in [2.45, 2.75) is 90.0 Å². The van der Waals surface area contributed by atoms with Gasteiger partial charge >= 0.3 is 23.9 Å². The predicted molar refractivity (Wildman–Crippen MR) is 153 cm³/mol. The Morgan fingerprint density at radius 1 is 0.932 bits per heavy atom. The summed E-state index contributed by atoms with van der Waals surface area (Å²) in [7, 11) is 0. The number of ketones is 1. The monoisotopic (exact) mass is 612 g/mol. The van der Waals surface area contributed by atoms with Gasteiger partial charge in [0.1, 0.15) is 36.1 Å². The molecule has 0 unspecified atom stereocenters. The molecule has 4 aliphatic rings. The van der Waals surface area contributed by atoms with Gasteiger partial charge in [0, 0.05) is 32.6 Å². The Kier molecular flexibility index (Phi) is 7.82. The number of hydrogen-bond donors (Lipinski definition) is 1. The number of ether oxygens (including phenoxy) is 5. The molecule has 1 aromatic rings. The van der Waals surface area contributed by atoms with Crippen molar-refractivity contribution in [3.63, 3.8) is 0 Å². The predicted octanol–water partition coefficient (Wildman–Crippen LogP) is 2.96. The average Bonchev–Trinajstić information content (AvgIpc) is 3.30. The first kappa shape index (κ1) is 31.8. The molecule has 1 aromatic carbocycles. The molecular formula is C33H40O11. The molecular weight excluding hydrogens is 572 g/mol. The lowest BCUT2D eigenvalue weighted by atomic mass is 9.54. The van der Waals surface area contributed by atoms with E-state index >= 15 is 0 Å². The maximum absolute atomic E-state index is 14.9. The molecule has 1 heterocycles. The SMILES string of the molecule is CC(=O)OC[C@@]12[C@H](OC(=O)c3ccccc3)[C@H]3[C@@H](OC(C)=O)[C@@H](C)C[C@]3(O)C(=O)[C@@]3(C)OC(C)(C)[C@H](C=C[C@H]1OC(C)=O)[C@H]23. The van der Waals surface area contributed by atoms with Crippen LogP contribution >= 0.6 is 0 Å². The van der Waals surface area contributed by atoms with E-state index in [0.717, 1.165) is 0 Å². The number of esters is 4. The molecule has 0 amide bonds. The molecule has 10 atom stereocenters. The molecule has 3 fully saturated rings. The topological polar surface area (TPSA) is 152 Å². The Labute approximate surface area is 256 Å². The summed E-state index contributed by atoms with van der Waals surface area (Å²) < 4.78 is 30.4. The molecule has 0 spiro atoms. The number of carbonyl (C=O) groups is 5. The molecule has 0 bridgehead atoms. The number of Topliss-reactive ketones (excluding diaryl/α,β-unsaturated/α-hetero) is 1. The van der Waals surface area contributed by atoms with Crippen molar-refractivity contribution in [3.8, 4) is 0 Å². The highest BCUT2D eigenvalue weighted by atomic mass is 16.6. The molecule has 5 rings (SSSR count). The van der Waals surface area contributed by atoms with Gasteiger partial charge in [0.05, 0.1) is 22.5 Å². The smallest absolute Gasteiger partial charge is 0.338 e. The van der Waals surface area contributed by atoms with Gasteiger partial charge in [-0.1, -0.05) is 31.2 Å². The fourth-order valence-electron chi connectivity index (χ4n) is 8.64. The molecule has 0 aromatic heterocycles. The van der Waals surface area contributed by atoms with Crippen molar-refractivity contribution >= 4 is 29.7 Å². The quantitative estimate of drug-likeness (QED) is 0.287. The molecule has 238 valence electrons. The van der Waals surface area contributed by atoms with E-state index in [9.17, 15) is 29.1 Å². The molecule has 0 radical (unpaired) electrons. The van der Waals surface area contributed by atoms with Gasteiger partial charge in [-0.3, -0.25) is 19.2 Å². The summed E-state index contributed by atoms with van der Waals surface area (Å²) in [5, 5.41) is 12.6. The molecule has 3 aliphatic carbocycles. The Balaban J connectivity index is 1.86. The molecule has 11 heteroatoms. The summed E-state index contributed by atoms with van der Waals surface area (Å²) in [6.07, 6.45) is -0.452.